The van der Waals surface area contributed by atoms with E-state index >= 15 is 0 Å². The maximum atomic E-state index is 11.9. The van der Waals surface area contributed by atoms with Gasteiger partial charge >= 0.3 is 0 Å². The number of hydrogen-bond donors (Lipinski definition) is 0. The van der Waals surface area contributed by atoms with Crippen LogP contribution < -0.4 is 5.56 Å². The lowest BCUT2D eigenvalue weighted by Crippen LogP contribution is -2.22. The van der Waals surface area contributed by atoms with Crippen molar-refractivity contribution in [2.75, 3.05) is 0 Å². The second-order valence-electron chi connectivity index (χ2n) is 4.94. The summed E-state index contributed by atoms with van der Waals surface area (Å²) in [5.74, 6) is 0. The van der Waals surface area contributed by atoms with E-state index in [0.29, 0.717) is 6.54 Å². The molecule has 2 heterocycles. The van der Waals surface area contributed by atoms with Gasteiger partial charge in [0, 0.05) is 24.0 Å². The summed E-state index contributed by atoms with van der Waals surface area (Å²) < 4.78 is 1.48. The summed E-state index contributed by atoms with van der Waals surface area (Å²) in [7, 11) is 0. The first kappa shape index (κ1) is 13.2. The normalized spacial score (nSPS) is 10.5. The molecule has 21 heavy (non-hydrogen) atoms. The van der Waals surface area contributed by atoms with E-state index in [1.54, 1.807) is 24.5 Å². The molecule has 0 atom stereocenters. The summed E-state index contributed by atoms with van der Waals surface area (Å²) in [5, 5.41) is 4.45. The first-order chi connectivity index (χ1) is 10.2. The molecule has 0 bridgehead atoms. The highest BCUT2D eigenvalue weighted by Crippen LogP contribution is 2.16. The maximum Gasteiger partial charge on any atom is 0.267 e. The van der Waals surface area contributed by atoms with Crippen molar-refractivity contribution in [1.29, 1.82) is 0 Å². The Hall–Kier alpha value is -2.75. The Morgan fingerprint density at radius 1 is 0.952 bits per heavy atom. The van der Waals surface area contributed by atoms with Crippen molar-refractivity contribution in [2.45, 2.75) is 13.5 Å². The van der Waals surface area contributed by atoms with Gasteiger partial charge in [0.1, 0.15) is 0 Å². The zero-order chi connectivity index (χ0) is 14.7. The standard InChI is InChI=1S/C17H15N3O/c1-13-2-4-15(5-3-13)16-6-7-17(21)20(19-16)12-14-8-10-18-11-9-14/h2-11H,12H2,1H3. The van der Waals surface area contributed by atoms with Crippen LogP contribution in [0, 0.1) is 6.92 Å². The number of pyridine rings is 1. The Morgan fingerprint density at radius 2 is 1.67 bits per heavy atom. The number of hydrogen-bond acceptors (Lipinski definition) is 3. The van der Waals surface area contributed by atoms with Gasteiger partial charge in [0.25, 0.3) is 5.56 Å². The molecule has 2 aromatic heterocycles. The van der Waals surface area contributed by atoms with Crippen LogP contribution in [-0.4, -0.2) is 14.8 Å². The van der Waals surface area contributed by atoms with E-state index < -0.39 is 0 Å². The number of aryl methyl sites for hydroxylation is 1. The topological polar surface area (TPSA) is 47.8 Å². The third-order valence-electron chi connectivity index (χ3n) is 3.30. The highest BCUT2D eigenvalue weighted by atomic mass is 16.1. The number of rotatable bonds is 3. The summed E-state index contributed by atoms with van der Waals surface area (Å²) in [4.78, 5) is 15.9. The molecule has 0 unspecified atom stereocenters. The summed E-state index contributed by atoms with van der Waals surface area (Å²) >= 11 is 0. The Labute approximate surface area is 122 Å². The number of benzene rings is 1. The van der Waals surface area contributed by atoms with Crippen LogP contribution in [0.4, 0.5) is 0 Å². The zero-order valence-electron chi connectivity index (χ0n) is 11.7. The van der Waals surface area contributed by atoms with Gasteiger partial charge in [-0.25, -0.2) is 4.68 Å². The third kappa shape index (κ3) is 3.05. The van der Waals surface area contributed by atoms with Crippen LogP contribution in [0.2, 0.25) is 0 Å². The predicted molar refractivity (Wildman–Crippen MR) is 82.0 cm³/mol. The molecular weight excluding hydrogens is 262 g/mol. The quantitative estimate of drug-likeness (QED) is 0.739. The minimum atomic E-state index is -0.109. The van der Waals surface area contributed by atoms with Gasteiger partial charge in [-0.15, -0.1) is 0 Å². The minimum absolute atomic E-state index is 0.109. The fourth-order valence-electron chi connectivity index (χ4n) is 2.10. The van der Waals surface area contributed by atoms with Crippen LogP contribution in [-0.2, 0) is 6.54 Å². The molecule has 4 nitrogen and oxygen atoms in total. The predicted octanol–water partition coefficient (Wildman–Crippen LogP) is 2.66. The van der Waals surface area contributed by atoms with E-state index in [2.05, 4.69) is 10.1 Å². The Bertz CT molecular complexity index is 792. The molecule has 0 aliphatic rings. The van der Waals surface area contributed by atoms with E-state index in [1.807, 2.05) is 43.3 Å². The molecule has 4 heteroatoms. The lowest BCUT2D eigenvalue weighted by molar-refractivity contribution is 0.642. The minimum Gasteiger partial charge on any atom is -0.268 e. The molecule has 3 aromatic rings. The molecule has 0 spiro atoms. The summed E-state index contributed by atoms with van der Waals surface area (Å²) in [6.45, 7) is 2.49. The number of aromatic nitrogens is 3. The SMILES string of the molecule is Cc1ccc(-c2ccc(=O)n(Cc3ccncc3)n2)cc1. The first-order valence-corrected chi connectivity index (χ1v) is 6.76. The summed E-state index contributed by atoms with van der Waals surface area (Å²) in [6, 6.07) is 15.2. The molecule has 0 amide bonds. The average molecular weight is 277 g/mol. The fraction of sp³-hybridized carbons (Fsp3) is 0.118. The number of nitrogens with zero attached hydrogens (tertiary/aromatic N) is 3. The Morgan fingerprint density at radius 3 is 2.38 bits per heavy atom. The van der Waals surface area contributed by atoms with Crippen LogP contribution in [0.3, 0.4) is 0 Å². The van der Waals surface area contributed by atoms with Gasteiger partial charge < -0.3 is 0 Å². The smallest absolute Gasteiger partial charge is 0.267 e. The van der Waals surface area contributed by atoms with Crippen molar-refractivity contribution < 1.29 is 0 Å². The zero-order valence-corrected chi connectivity index (χ0v) is 11.7. The lowest BCUT2D eigenvalue weighted by Gasteiger charge is -2.07. The third-order valence-corrected chi connectivity index (χ3v) is 3.30. The van der Waals surface area contributed by atoms with Gasteiger partial charge in [-0.2, -0.15) is 5.10 Å². The van der Waals surface area contributed by atoms with E-state index in [9.17, 15) is 4.79 Å². The van der Waals surface area contributed by atoms with Crippen molar-refractivity contribution in [3.05, 3.63) is 82.4 Å². The molecule has 0 aliphatic carbocycles. The van der Waals surface area contributed by atoms with Crippen LogP contribution in [0.5, 0.6) is 0 Å². The largest absolute Gasteiger partial charge is 0.268 e. The van der Waals surface area contributed by atoms with Gasteiger partial charge in [-0.1, -0.05) is 29.8 Å². The van der Waals surface area contributed by atoms with Crippen LogP contribution in [0.25, 0.3) is 11.3 Å². The Balaban J connectivity index is 1.96. The molecular formula is C17H15N3O. The molecule has 3 rings (SSSR count). The Kier molecular flexibility index (Phi) is 3.60. The van der Waals surface area contributed by atoms with Gasteiger partial charge in [0.2, 0.25) is 0 Å². The van der Waals surface area contributed by atoms with Crippen molar-refractivity contribution in [1.82, 2.24) is 14.8 Å². The highest BCUT2D eigenvalue weighted by Gasteiger charge is 2.04. The van der Waals surface area contributed by atoms with Gasteiger partial charge in [0.05, 0.1) is 12.2 Å². The monoisotopic (exact) mass is 277 g/mol. The van der Waals surface area contributed by atoms with E-state index in [4.69, 9.17) is 0 Å². The summed E-state index contributed by atoms with van der Waals surface area (Å²) in [5.41, 5.74) is 3.89. The van der Waals surface area contributed by atoms with Crippen LogP contribution in [0.1, 0.15) is 11.1 Å². The highest BCUT2D eigenvalue weighted by molar-refractivity contribution is 5.58. The van der Waals surface area contributed by atoms with Gasteiger partial charge in [-0.3, -0.25) is 9.78 Å². The molecule has 0 radical (unpaired) electrons. The van der Waals surface area contributed by atoms with Gasteiger partial charge in [0.15, 0.2) is 0 Å². The summed E-state index contributed by atoms with van der Waals surface area (Å²) in [6.07, 6.45) is 3.42. The van der Waals surface area contributed by atoms with Crippen LogP contribution >= 0.6 is 0 Å². The van der Waals surface area contributed by atoms with Crippen LogP contribution in [0.15, 0.2) is 65.7 Å². The van der Waals surface area contributed by atoms with E-state index in [-0.39, 0.29) is 5.56 Å². The van der Waals surface area contributed by atoms with E-state index in [0.717, 1.165) is 16.8 Å². The lowest BCUT2D eigenvalue weighted by atomic mass is 10.1. The van der Waals surface area contributed by atoms with E-state index in [1.165, 1.54) is 10.2 Å². The fourth-order valence-corrected chi connectivity index (χ4v) is 2.10. The molecule has 104 valence electrons. The molecule has 0 fully saturated rings. The van der Waals surface area contributed by atoms with Crippen molar-refractivity contribution in [2.24, 2.45) is 0 Å². The molecule has 0 N–H and O–H groups in total. The second kappa shape index (κ2) is 5.71. The molecule has 0 saturated heterocycles. The molecule has 0 aliphatic heterocycles. The molecule has 1 aromatic carbocycles. The second-order valence-corrected chi connectivity index (χ2v) is 4.94. The van der Waals surface area contributed by atoms with Crippen molar-refractivity contribution >= 4 is 0 Å². The first-order valence-electron chi connectivity index (χ1n) is 6.76. The average Bonchev–Trinajstić information content (AvgIpc) is 2.51. The maximum absolute atomic E-state index is 11.9. The van der Waals surface area contributed by atoms with Gasteiger partial charge in [-0.05, 0) is 30.7 Å². The van der Waals surface area contributed by atoms with Crippen molar-refractivity contribution in [3.8, 4) is 11.3 Å². The van der Waals surface area contributed by atoms with Crippen molar-refractivity contribution in [3.63, 3.8) is 0 Å². The molecule has 0 saturated carbocycles.